The Morgan fingerprint density at radius 2 is 2.17 bits per heavy atom. The summed E-state index contributed by atoms with van der Waals surface area (Å²) in [6.45, 7) is 2.03. The van der Waals surface area contributed by atoms with Gasteiger partial charge in [0, 0.05) is 30.7 Å². The molecule has 0 aromatic carbocycles. The summed E-state index contributed by atoms with van der Waals surface area (Å²) >= 11 is 2.07. The maximum Gasteiger partial charge on any atom is 0.241 e. The number of ether oxygens (including phenoxy) is 1. The number of amides is 1. The average molecular weight is 272 g/mol. The molecule has 0 aromatic heterocycles. The second-order valence-corrected chi connectivity index (χ2v) is 6.98. The molecule has 4 nitrogen and oxygen atoms in total. The SMILES string of the molecule is COCC(N)C(=O)N1CCSC2(CCCCC2)C1. The fourth-order valence-corrected chi connectivity index (χ4v) is 4.59. The summed E-state index contributed by atoms with van der Waals surface area (Å²) in [5.74, 6) is 1.10. The molecule has 0 bridgehead atoms. The van der Waals surface area contributed by atoms with E-state index in [9.17, 15) is 4.79 Å². The lowest BCUT2D eigenvalue weighted by Gasteiger charge is -2.45. The summed E-state index contributed by atoms with van der Waals surface area (Å²) < 4.78 is 5.29. The molecule has 5 heteroatoms. The Balaban J connectivity index is 1.95. The first kappa shape index (κ1) is 14.2. The van der Waals surface area contributed by atoms with Crippen molar-refractivity contribution in [1.82, 2.24) is 4.90 Å². The van der Waals surface area contributed by atoms with Crippen molar-refractivity contribution in [1.29, 1.82) is 0 Å². The molecular formula is C13H24N2O2S. The number of nitrogens with two attached hydrogens (primary N) is 1. The third-order valence-electron chi connectivity index (χ3n) is 3.99. The van der Waals surface area contributed by atoms with Gasteiger partial charge in [-0.1, -0.05) is 19.3 Å². The van der Waals surface area contributed by atoms with E-state index in [1.807, 2.05) is 4.90 Å². The van der Waals surface area contributed by atoms with Gasteiger partial charge in [-0.25, -0.2) is 0 Å². The highest BCUT2D eigenvalue weighted by atomic mass is 32.2. The number of hydrogen-bond acceptors (Lipinski definition) is 4. The lowest BCUT2D eigenvalue weighted by atomic mass is 9.87. The minimum absolute atomic E-state index is 0.0575. The molecule has 2 N–H and O–H groups in total. The number of nitrogens with zero attached hydrogens (tertiary/aromatic N) is 1. The maximum absolute atomic E-state index is 12.2. The normalized spacial score (nSPS) is 25.1. The van der Waals surface area contributed by atoms with Crippen LogP contribution in [0, 0.1) is 0 Å². The van der Waals surface area contributed by atoms with Crippen molar-refractivity contribution in [2.75, 3.05) is 32.6 Å². The van der Waals surface area contributed by atoms with Crippen LogP contribution >= 0.6 is 11.8 Å². The van der Waals surface area contributed by atoms with Crippen LogP contribution in [0.2, 0.25) is 0 Å². The highest BCUT2D eigenvalue weighted by molar-refractivity contribution is 8.00. The minimum Gasteiger partial charge on any atom is -0.383 e. The van der Waals surface area contributed by atoms with Gasteiger partial charge in [-0.3, -0.25) is 4.79 Å². The molecule has 1 spiro atoms. The zero-order valence-corrected chi connectivity index (χ0v) is 12.0. The molecule has 2 fully saturated rings. The van der Waals surface area contributed by atoms with E-state index >= 15 is 0 Å². The number of carbonyl (C=O) groups excluding carboxylic acids is 1. The Morgan fingerprint density at radius 3 is 2.83 bits per heavy atom. The van der Waals surface area contributed by atoms with Crippen LogP contribution in [0.4, 0.5) is 0 Å². The second kappa shape index (κ2) is 6.26. The molecule has 1 unspecified atom stereocenters. The quantitative estimate of drug-likeness (QED) is 0.840. The van der Waals surface area contributed by atoms with Gasteiger partial charge in [0.25, 0.3) is 0 Å². The molecule has 1 heterocycles. The summed E-state index contributed by atoms with van der Waals surface area (Å²) in [6, 6.07) is -0.501. The molecule has 1 saturated carbocycles. The summed E-state index contributed by atoms with van der Waals surface area (Å²) in [5, 5.41) is 0. The predicted octanol–water partition coefficient (Wildman–Crippen LogP) is 1.24. The van der Waals surface area contributed by atoms with Crippen LogP contribution in [0.25, 0.3) is 0 Å². The highest BCUT2D eigenvalue weighted by Gasteiger charge is 2.39. The van der Waals surface area contributed by atoms with E-state index in [0.29, 0.717) is 11.4 Å². The van der Waals surface area contributed by atoms with E-state index in [1.165, 1.54) is 32.1 Å². The van der Waals surface area contributed by atoms with Crippen molar-refractivity contribution >= 4 is 17.7 Å². The first-order valence-electron chi connectivity index (χ1n) is 6.84. The van der Waals surface area contributed by atoms with Crippen molar-refractivity contribution in [3.63, 3.8) is 0 Å². The van der Waals surface area contributed by atoms with Crippen LogP contribution in [0.15, 0.2) is 0 Å². The van der Waals surface area contributed by atoms with Crippen molar-refractivity contribution in [3.8, 4) is 0 Å². The molecule has 1 aliphatic heterocycles. The van der Waals surface area contributed by atoms with Gasteiger partial charge in [0.05, 0.1) is 6.61 Å². The van der Waals surface area contributed by atoms with E-state index in [0.717, 1.165) is 18.8 Å². The van der Waals surface area contributed by atoms with Crippen LogP contribution in [0.1, 0.15) is 32.1 Å². The number of methoxy groups -OCH3 is 1. The van der Waals surface area contributed by atoms with Crippen molar-refractivity contribution in [2.24, 2.45) is 5.73 Å². The first-order chi connectivity index (χ1) is 8.67. The molecule has 2 aliphatic rings. The summed E-state index contributed by atoms with van der Waals surface area (Å²) in [6.07, 6.45) is 6.46. The van der Waals surface area contributed by atoms with Gasteiger partial charge in [-0.05, 0) is 12.8 Å². The Hall–Kier alpha value is -0.260. The van der Waals surface area contributed by atoms with Gasteiger partial charge >= 0.3 is 0 Å². The van der Waals surface area contributed by atoms with Gasteiger partial charge in [-0.15, -0.1) is 0 Å². The average Bonchev–Trinajstić information content (AvgIpc) is 2.39. The summed E-state index contributed by atoms with van der Waals surface area (Å²) in [5.41, 5.74) is 5.85. The molecule has 0 aromatic rings. The van der Waals surface area contributed by atoms with Crippen LogP contribution < -0.4 is 5.73 Å². The maximum atomic E-state index is 12.2. The van der Waals surface area contributed by atoms with Gasteiger partial charge < -0.3 is 15.4 Å². The minimum atomic E-state index is -0.501. The third kappa shape index (κ3) is 3.19. The zero-order chi connectivity index (χ0) is 13.0. The van der Waals surface area contributed by atoms with Gasteiger partial charge in [-0.2, -0.15) is 11.8 Å². The molecule has 0 radical (unpaired) electrons. The van der Waals surface area contributed by atoms with Crippen molar-refractivity contribution in [2.45, 2.75) is 42.9 Å². The van der Waals surface area contributed by atoms with Gasteiger partial charge in [0.1, 0.15) is 6.04 Å². The lowest BCUT2D eigenvalue weighted by molar-refractivity contribution is -0.134. The Kier molecular flexibility index (Phi) is 4.92. The first-order valence-corrected chi connectivity index (χ1v) is 7.83. The van der Waals surface area contributed by atoms with Gasteiger partial charge in [0.2, 0.25) is 5.91 Å². The predicted molar refractivity (Wildman–Crippen MR) is 74.7 cm³/mol. The largest absolute Gasteiger partial charge is 0.383 e. The van der Waals surface area contributed by atoms with E-state index in [1.54, 1.807) is 7.11 Å². The smallest absolute Gasteiger partial charge is 0.241 e. The molecular weight excluding hydrogens is 248 g/mol. The molecule has 1 aliphatic carbocycles. The molecule has 1 atom stereocenters. The molecule has 104 valence electrons. The number of hydrogen-bond donors (Lipinski definition) is 1. The topological polar surface area (TPSA) is 55.6 Å². The second-order valence-electron chi connectivity index (χ2n) is 5.41. The third-order valence-corrected chi connectivity index (χ3v) is 5.52. The molecule has 1 amide bonds. The van der Waals surface area contributed by atoms with Crippen LogP contribution in [0.3, 0.4) is 0 Å². The number of carbonyl (C=O) groups is 1. The van der Waals surface area contributed by atoms with Crippen LogP contribution in [-0.4, -0.2) is 54.2 Å². The summed E-state index contributed by atoms with van der Waals surface area (Å²) in [4.78, 5) is 14.2. The highest BCUT2D eigenvalue weighted by Crippen LogP contribution is 2.42. The van der Waals surface area contributed by atoms with E-state index in [-0.39, 0.29) is 5.91 Å². The summed E-state index contributed by atoms with van der Waals surface area (Å²) in [7, 11) is 1.59. The van der Waals surface area contributed by atoms with E-state index in [2.05, 4.69) is 11.8 Å². The number of rotatable bonds is 3. The van der Waals surface area contributed by atoms with Crippen LogP contribution in [-0.2, 0) is 9.53 Å². The standard InChI is InChI=1S/C13H24N2O2S/c1-17-9-11(14)12(16)15-7-8-18-13(10-15)5-3-2-4-6-13/h11H,2-10,14H2,1H3. The lowest BCUT2D eigenvalue weighted by Crippen LogP contribution is -2.54. The Labute approximate surface area is 114 Å². The fourth-order valence-electron chi connectivity index (χ4n) is 3.02. The van der Waals surface area contributed by atoms with Crippen molar-refractivity contribution in [3.05, 3.63) is 0 Å². The molecule has 18 heavy (non-hydrogen) atoms. The Bertz CT molecular complexity index is 287. The fraction of sp³-hybridized carbons (Fsp3) is 0.923. The van der Waals surface area contributed by atoms with Crippen LogP contribution in [0.5, 0.6) is 0 Å². The number of thioether (sulfide) groups is 1. The van der Waals surface area contributed by atoms with Crippen molar-refractivity contribution < 1.29 is 9.53 Å². The molecule has 1 saturated heterocycles. The monoisotopic (exact) mass is 272 g/mol. The Morgan fingerprint density at radius 1 is 1.44 bits per heavy atom. The van der Waals surface area contributed by atoms with E-state index < -0.39 is 6.04 Å². The van der Waals surface area contributed by atoms with Gasteiger partial charge in [0.15, 0.2) is 0 Å². The van der Waals surface area contributed by atoms with E-state index in [4.69, 9.17) is 10.5 Å². The molecule has 2 rings (SSSR count). The zero-order valence-electron chi connectivity index (χ0n) is 11.2.